The highest BCUT2D eigenvalue weighted by Crippen LogP contribution is 2.33. The van der Waals surface area contributed by atoms with E-state index in [4.69, 9.17) is 9.47 Å². The highest BCUT2D eigenvalue weighted by molar-refractivity contribution is 7.18. The minimum atomic E-state index is -0.491. The van der Waals surface area contributed by atoms with Crippen molar-refractivity contribution in [1.82, 2.24) is 0 Å². The third-order valence-corrected chi connectivity index (χ3v) is 4.50. The largest absolute Gasteiger partial charge is 0.493 e. The second-order valence-corrected chi connectivity index (χ2v) is 6.07. The van der Waals surface area contributed by atoms with Gasteiger partial charge in [-0.25, -0.2) is 4.79 Å². The number of nitriles is 1. The molecular formula is C18H18N2O4S. The highest BCUT2D eigenvalue weighted by Gasteiger charge is 2.22. The van der Waals surface area contributed by atoms with E-state index in [0.717, 1.165) is 11.3 Å². The molecule has 7 heteroatoms. The molecule has 1 aromatic heterocycles. The van der Waals surface area contributed by atoms with Gasteiger partial charge in [0.25, 0.3) is 0 Å². The molecule has 0 unspecified atom stereocenters. The molecule has 1 aromatic carbocycles. The van der Waals surface area contributed by atoms with E-state index >= 15 is 0 Å². The third-order valence-electron chi connectivity index (χ3n) is 3.31. The third kappa shape index (κ3) is 4.81. The van der Waals surface area contributed by atoms with E-state index in [9.17, 15) is 14.9 Å². The van der Waals surface area contributed by atoms with Crippen molar-refractivity contribution in [2.75, 3.05) is 18.5 Å². The monoisotopic (exact) mass is 358 g/mol. The second kappa shape index (κ2) is 8.85. The number of ether oxygens (including phenoxy) is 2. The van der Waals surface area contributed by atoms with Gasteiger partial charge in [0, 0.05) is 0 Å². The summed E-state index contributed by atoms with van der Waals surface area (Å²) in [7, 11) is 0. The molecule has 0 bridgehead atoms. The Bertz CT molecular complexity index is 793. The zero-order valence-electron chi connectivity index (χ0n) is 14.0. The number of nitrogens with zero attached hydrogens (tertiary/aromatic N) is 1. The molecule has 2 rings (SSSR count). The van der Waals surface area contributed by atoms with Crippen LogP contribution in [0.15, 0.2) is 30.3 Å². The Morgan fingerprint density at radius 1 is 1.28 bits per heavy atom. The Morgan fingerprint density at radius 2 is 2.00 bits per heavy atom. The van der Waals surface area contributed by atoms with Crippen LogP contribution in [-0.2, 0) is 9.53 Å². The van der Waals surface area contributed by atoms with E-state index in [-0.39, 0.29) is 31.1 Å². The van der Waals surface area contributed by atoms with Crippen LogP contribution >= 0.6 is 11.3 Å². The van der Waals surface area contributed by atoms with E-state index in [1.54, 1.807) is 26.0 Å². The van der Waals surface area contributed by atoms with Crippen LogP contribution in [0.4, 0.5) is 5.00 Å². The van der Waals surface area contributed by atoms with Crippen molar-refractivity contribution in [2.45, 2.75) is 20.3 Å². The first-order chi connectivity index (χ1) is 12.1. The lowest BCUT2D eigenvalue weighted by Crippen LogP contribution is -2.15. The second-order valence-electron chi connectivity index (χ2n) is 5.05. The topological polar surface area (TPSA) is 88.4 Å². The van der Waals surface area contributed by atoms with Gasteiger partial charge in [0.1, 0.15) is 21.7 Å². The Morgan fingerprint density at radius 3 is 2.64 bits per heavy atom. The van der Waals surface area contributed by atoms with Crippen molar-refractivity contribution in [2.24, 2.45) is 0 Å². The number of hydrogen-bond acceptors (Lipinski definition) is 6. The molecule has 0 aliphatic rings. The van der Waals surface area contributed by atoms with Crippen LogP contribution in [0.2, 0.25) is 0 Å². The molecule has 0 atom stereocenters. The Kier molecular flexibility index (Phi) is 6.54. The van der Waals surface area contributed by atoms with E-state index < -0.39 is 5.97 Å². The summed E-state index contributed by atoms with van der Waals surface area (Å²) in [6, 6.07) is 11.2. The lowest BCUT2D eigenvalue weighted by molar-refractivity contribution is -0.116. The van der Waals surface area contributed by atoms with Gasteiger partial charge in [-0.2, -0.15) is 5.26 Å². The maximum absolute atomic E-state index is 12.1. The molecule has 25 heavy (non-hydrogen) atoms. The fourth-order valence-corrected chi connectivity index (χ4v) is 3.16. The molecule has 0 spiro atoms. The zero-order valence-corrected chi connectivity index (χ0v) is 14.8. The van der Waals surface area contributed by atoms with Gasteiger partial charge >= 0.3 is 5.97 Å². The van der Waals surface area contributed by atoms with Crippen LogP contribution in [0.1, 0.15) is 34.1 Å². The van der Waals surface area contributed by atoms with Crippen molar-refractivity contribution in [1.29, 1.82) is 5.26 Å². The summed E-state index contributed by atoms with van der Waals surface area (Å²) in [5.41, 5.74) is 0.798. The van der Waals surface area contributed by atoms with E-state index in [2.05, 4.69) is 5.32 Å². The number of anilines is 1. The fraction of sp³-hybridized carbons (Fsp3) is 0.278. The molecule has 0 fully saturated rings. The number of carbonyl (C=O) groups is 2. The summed E-state index contributed by atoms with van der Waals surface area (Å²) in [5.74, 6) is -0.0944. The summed E-state index contributed by atoms with van der Waals surface area (Å²) < 4.78 is 10.4. The van der Waals surface area contributed by atoms with Gasteiger partial charge in [0.05, 0.1) is 25.2 Å². The maximum atomic E-state index is 12.1. The standard InChI is InChI=1S/C18H18N2O4S/c1-3-23-18(22)16-12(2)14(11-19)17(25-16)20-15(21)9-10-24-13-7-5-4-6-8-13/h4-8H,3,9-10H2,1-2H3,(H,20,21). The van der Waals surface area contributed by atoms with Crippen LogP contribution in [0, 0.1) is 18.3 Å². The number of amides is 1. The first kappa shape index (κ1) is 18.5. The minimum Gasteiger partial charge on any atom is -0.493 e. The normalized spacial score (nSPS) is 9.96. The molecule has 0 radical (unpaired) electrons. The first-order valence-corrected chi connectivity index (χ1v) is 8.56. The Hall–Kier alpha value is -2.85. The van der Waals surface area contributed by atoms with E-state index in [1.165, 1.54) is 0 Å². The van der Waals surface area contributed by atoms with Gasteiger partial charge in [0.2, 0.25) is 5.91 Å². The van der Waals surface area contributed by atoms with Crippen LogP contribution in [0.25, 0.3) is 0 Å². The molecule has 0 saturated carbocycles. The zero-order chi connectivity index (χ0) is 18.2. The molecular weight excluding hydrogens is 340 g/mol. The molecule has 6 nitrogen and oxygen atoms in total. The predicted molar refractivity (Wildman–Crippen MR) is 94.9 cm³/mol. The number of thiophene rings is 1. The van der Waals surface area contributed by atoms with Gasteiger partial charge in [-0.15, -0.1) is 11.3 Å². The number of para-hydroxylation sites is 1. The van der Waals surface area contributed by atoms with Gasteiger partial charge in [0.15, 0.2) is 0 Å². The summed E-state index contributed by atoms with van der Waals surface area (Å²) in [6.07, 6.45) is 0.130. The summed E-state index contributed by atoms with van der Waals surface area (Å²) in [5, 5.41) is 12.3. The molecule has 0 aliphatic carbocycles. The molecule has 130 valence electrons. The molecule has 1 N–H and O–H groups in total. The molecule has 1 heterocycles. The number of hydrogen-bond donors (Lipinski definition) is 1. The van der Waals surface area contributed by atoms with Crippen LogP contribution in [0.5, 0.6) is 5.75 Å². The Labute approximate surface area is 150 Å². The van der Waals surface area contributed by atoms with Crippen molar-refractivity contribution >= 4 is 28.2 Å². The number of nitrogens with one attached hydrogen (secondary N) is 1. The van der Waals surface area contributed by atoms with Gasteiger partial charge < -0.3 is 14.8 Å². The first-order valence-electron chi connectivity index (χ1n) is 7.75. The quantitative estimate of drug-likeness (QED) is 0.765. The van der Waals surface area contributed by atoms with E-state index in [1.807, 2.05) is 24.3 Å². The Balaban J connectivity index is 1.99. The van der Waals surface area contributed by atoms with Gasteiger partial charge in [-0.3, -0.25) is 4.79 Å². The smallest absolute Gasteiger partial charge is 0.348 e. The molecule has 2 aromatic rings. The molecule has 0 aliphatic heterocycles. The summed E-state index contributed by atoms with van der Waals surface area (Å²) in [4.78, 5) is 24.3. The average Bonchev–Trinajstić information content (AvgIpc) is 2.91. The summed E-state index contributed by atoms with van der Waals surface area (Å²) in [6.45, 7) is 3.83. The molecule has 0 saturated heterocycles. The van der Waals surface area contributed by atoms with Gasteiger partial charge in [-0.05, 0) is 31.5 Å². The fourth-order valence-electron chi connectivity index (χ4n) is 2.09. The van der Waals surface area contributed by atoms with Gasteiger partial charge in [-0.1, -0.05) is 18.2 Å². The van der Waals surface area contributed by atoms with Crippen molar-refractivity contribution in [3.63, 3.8) is 0 Å². The molecule has 1 amide bonds. The highest BCUT2D eigenvalue weighted by atomic mass is 32.1. The van der Waals surface area contributed by atoms with Crippen LogP contribution in [-0.4, -0.2) is 25.1 Å². The average molecular weight is 358 g/mol. The van der Waals surface area contributed by atoms with E-state index in [0.29, 0.717) is 21.2 Å². The minimum absolute atomic E-state index is 0.130. The van der Waals surface area contributed by atoms with Crippen molar-refractivity contribution < 1.29 is 19.1 Å². The predicted octanol–water partition coefficient (Wildman–Crippen LogP) is 3.51. The lowest BCUT2D eigenvalue weighted by atomic mass is 10.2. The maximum Gasteiger partial charge on any atom is 0.348 e. The van der Waals surface area contributed by atoms with Crippen LogP contribution < -0.4 is 10.1 Å². The van der Waals surface area contributed by atoms with Crippen molar-refractivity contribution in [3.8, 4) is 11.8 Å². The van der Waals surface area contributed by atoms with Crippen LogP contribution in [0.3, 0.4) is 0 Å². The SMILES string of the molecule is CCOC(=O)c1sc(NC(=O)CCOc2ccccc2)c(C#N)c1C. The number of rotatable bonds is 7. The number of carbonyl (C=O) groups excluding carboxylic acids is 2. The number of esters is 1. The van der Waals surface area contributed by atoms with Crippen molar-refractivity contribution in [3.05, 3.63) is 46.3 Å². The number of benzene rings is 1. The lowest BCUT2D eigenvalue weighted by Gasteiger charge is -2.06. The summed E-state index contributed by atoms with van der Waals surface area (Å²) >= 11 is 1.05.